The van der Waals surface area contributed by atoms with Gasteiger partial charge in [0, 0.05) is 24.2 Å². The Labute approximate surface area is 108 Å². The third-order valence-corrected chi connectivity index (χ3v) is 4.60. The van der Waals surface area contributed by atoms with Crippen LogP contribution in [0, 0.1) is 6.92 Å². The highest BCUT2D eigenvalue weighted by molar-refractivity contribution is 7.09. The molecule has 1 fully saturated rings. The number of ether oxygens (including phenoxy) is 1. The summed E-state index contributed by atoms with van der Waals surface area (Å²) in [4.78, 5) is 4.54. The summed E-state index contributed by atoms with van der Waals surface area (Å²) in [5, 5.41) is 6.99. The predicted octanol–water partition coefficient (Wildman–Crippen LogP) is 3.06. The summed E-state index contributed by atoms with van der Waals surface area (Å²) in [5.74, 6) is 0. The van der Waals surface area contributed by atoms with Gasteiger partial charge in [0.25, 0.3) is 0 Å². The first kappa shape index (κ1) is 13.0. The van der Waals surface area contributed by atoms with Gasteiger partial charge in [-0.1, -0.05) is 0 Å². The van der Waals surface area contributed by atoms with E-state index in [-0.39, 0.29) is 0 Å². The molecule has 0 saturated heterocycles. The van der Waals surface area contributed by atoms with Crippen LogP contribution in [0.3, 0.4) is 0 Å². The van der Waals surface area contributed by atoms with E-state index in [1.54, 1.807) is 11.3 Å². The summed E-state index contributed by atoms with van der Waals surface area (Å²) in [7, 11) is 1.82. The lowest BCUT2D eigenvalue weighted by Crippen LogP contribution is -2.38. The van der Waals surface area contributed by atoms with Crippen molar-refractivity contribution in [2.75, 3.05) is 7.11 Å². The Kier molecular flexibility index (Phi) is 4.54. The molecule has 1 N–H and O–H groups in total. The minimum atomic E-state index is 0.356. The lowest BCUT2D eigenvalue weighted by atomic mass is 9.92. The van der Waals surface area contributed by atoms with Crippen LogP contribution in [-0.4, -0.2) is 24.2 Å². The number of nitrogens with zero attached hydrogens (tertiary/aromatic N) is 1. The van der Waals surface area contributed by atoms with Crippen molar-refractivity contribution in [1.29, 1.82) is 0 Å². The molecule has 0 amide bonds. The van der Waals surface area contributed by atoms with Crippen LogP contribution in [0.4, 0.5) is 0 Å². The Hall–Kier alpha value is -0.450. The number of aromatic nitrogens is 1. The van der Waals surface area contributed by atoms with Gasteiger partial charge in [-0.3, -0.25) is 0 Å². The maximum absolute atomic E-state index is 5.46. The molecule has 1 heterocycles. The number of aryl methyl sites for hydroxylation is 1. The molecule has 0 aromatic carbocycles. The molecule has 1 saturated carbocycles. The molecular weight excluding hydrogens is 232 g/mol. The predicted molar refractivity (Wildman–Crippen MR) is 71.5 cm³/mol. The lowest BCUT2D eigenvalue weighted by molar-refractivity contribution is 0.0572. The average molecular weight is 254 g/mol. The van der Waals surface area contributed by atoms with Crippen LogP contribution < -0.4 is 5.32 Å². The standard InChI is InChI=1S/C13H22N2OS/c1-9-8-17-13(14-9)10(2)15-11-5-4-6-12(7-11)16-3/h8,10-12,15H,4-7H2,1-3H3. The smallest absolute Gasteiger partial charge is 0.110 e. The summed E-state index contributed by atoms with van der Waals surface area (Å²) in [6.07, 6.45) is 5.30. The minimum Gasteiger partial charge on any atom is -0.381 e. The van der Waals surface area contributed by atoms with Gasteiger partial charge in [0.05, 0.1) is 12.1 Å². The van der Waals surface area contributed by atoms with Crippen molar-refractivity contribution in [2.45, 2.75) is 57.7 Å². The summed E-state index contributed by atoms with van der Waals surface area (Å²) in [6, 6.07) is 0.933. The Balaban J connectivity index is 1.87. The lowest BCUT2D eigenvalue weighted by Gasteiger charge is -2.30. The fraction of sp³-hybridized carbons (Fsp3) is 0.769. The number of thiazole rings is 1. The van der Waals surface area contributed by atoms with E-state index in [1.165, 1.54) is 24.3 Å². The molecule has 3 unspecified atom stereocenters. The molecule has 0 spiro atoms. The Morgan fingerprint density at radius 2 is 2.35 bits per heavy atom. The van der Waals surface area contributed by atoms with Gasteiger partial charge in [-0.2, -0.15) is 0 Å². The summed E-state index contributed by atoms with van der Waals surface area (Å²) in [6.45, 7) is 4.25. The number of hydrogen-bond donors (Lipinski definition) is 1. The summed E-state index contributed by atoms with van der Waals surface area (Å²) >= 11 is 1.75. The van der Waals surface area contributed by atoms with Crippen LogP contribution in [0.15, 0.2) is 5.38 Å². The van der Waals surface area contributed by atoms with Gasteiger partial charge in [-0.05, 0) is 39.5 Å². The van der Waals surface area contributed by atoms with Crippen molar-refractivity contribution >= 4 is 11.3 Å². The first-order chi connectivity index (χ1) is 8.19. The molecule has 0 aliphatic heterocycles. The molecule has 17 heavy (non-hydrogen) atoms. The number of nitrogens with one attached hydrogen (secondary N) is 1. The van der Waals surface area contributed by atoms with Crippen LogP contribution in [-0.2, 0) is 4.74 Å². The van der Waals surface area contributed by atoms with Crippen LogP contribution in [0.2, 0.25) is 0 Å². The van der Waals surface area contributed by atoms with E-state index >= 15 is 0 Å². The number of rotatable bonds is 4. The van der Waals surface area contributed by atoms with E-state index in [0.717, 1.165) is 12.1 Å². The monoisotopic (exact) mass is 254 g/mol. The van der Waals surface area contributed by atoms with Crippen molar-refractivity contribution in [1.82, 2.24) is 10.3 Å². The van der Waals surface area contributed by atoms with Gasteiger partial charge in [-0.25, -0.2) is 4.98 Å². The van der Waals surface area contributed by atoms with E-state index in [0.29, 0.717) is 18.2 Å². The third kappa shape index (κ3) is 3.50. The van der Waals surface area contributed by atoms with Crippen molar-refractivity contribution < 1.29 is 4.74 Å². The highest BCUT2D eigenvalue weighted by Gasteiger charge is 2.23. The van der Waals surface area contributed by atoms with Crippen LogP contribution >= 0.6 is 11.3 Å². The zero-order chi connectivity index (χ0) is 12.3. The van der Waals surface area contributed by atoms with Crippen LogP contribution in [0.1, 0.15) is 49.4 Å². The molecule has 0 bridgehead atoms. The molecule has 96 valence electrons. The summed E-state index contributed by atoms with van der Waals surface area (Å²) in [5.41, 5.74) is 1.12. The second-order valence-corrected chi connectivity index (χ2v) is 5.83. The zero-order valence-corrected chi connectivity index (χ0v) is 11.7. The highest BCUT2D eigenvalue weighted by Crippen LogP contribution is 2.24. The van der Waals surface area contributed by atoms with Crippen LogP contribution in [0.25, 0.3) is 0 Å². The second-order valence-electron chi connectivity index (χ2n) is 4.94. The molecule has 0 radical (unpaired) electrons. The van der Waals surface area contributed by atoms with Crippen molar-refractivity contribution in [3.05, 3.63) is 16.1 Å². The highest BCUT2D eigenvalue weighted by atomic mass is 32.1. The molecule has 1 aliphatic rings. The quantitative estimate of drug-likeness (QED) is 0.896. The molecule has 3 atom stereocenters. The Morgan fingerprint density at radius 1 is 1.53 bits per heavy atom. The van der Waals surface area contributed by atoms with Crippen molar-refractivity contribution in [2.24, 2.45) is 0 Å². The van der Waals surface area contributed by atoms with Gasteiger partial charge in [0.2, 0.25) is 0 Å². The van der Waals surface area contributed by atoms with E-state index in [1.807, 2.05) is 14.0 Å². The van der Waals surface area contributed by atoms with Gasteiger partial charge >= 0.3 is 0 Å². The maximum Gasteiger partial charge on any atom is 0.110 e. The molecular formula is C13H22N2OS. The van der Waals surface area contributed by atoms with Crippen LogP contribution in [0.5, 0.6) is 0 Å². The first-order valence-electron chi connectivity index (χ1n) is 6.40. The van der Waals surface area contributed by atoms with E-state index in [9.17, 15) is 0 Å². The van der Waals surface area contributed by atoms with Crippen molar-refractivity contribution in [3.8, 4) is 0 Å². The Bertz CT molecular complexity index is 353. The molecule has 1 aromatic rings. The van der Waals surface area contributed by atoms with Gasteiger partial charge in [0.1, 0.15) is 5.01 Å². The van der Waals surface area contributed by atoms with E-state index in [2.05, 4.69) is 22.6 Å². The maximum atomic E-state index is 5.46. The fourth-order valence-corrected chi connectivity index (χ4v) is 3.32. The number of methoxy groups -OCH3 is 1. The largest absolute Gasteiger partial charge is 0.381 e. The van der Waals surface area contributed by atoms with Gasteiger partial charge in [0.15, 0.2) is 0 Å². The molecule has 2 rings (SSSR count). The Morgan fingerprint density at radius 3 is 3.00 bits per heavy atom. The first-order valence-corrected chi connectivity index (χ1v) is 7.28. The SMILES string of the molecule is COC1CCCC(NC(C)c2nc(C)cs2)C1. The van der Waals surface area contributed by atoms with Crippen molar-refractivity contribution in [3.63, 3.8) is 0 Å². The summed E-state index contributed by atoms with van der Waals surface area (Å²) < 4.78 is 5.46. The zero-order valence-electron chi connectivity index (χ0n) is 10.9. The van der Waals surface area contributed by atoms with Gasteiger partial charge in [-0.15, -0.1) is 11.3 Å². The fourth-order valence-electron chi connectivity index (χ4n) is 2.51. The number of hydrogen-bond acceptors (Lipinski definition) is 4. The normalized spacial score (nSPS) is 27.0. The van der Waals surface area contributed by atoms with Gasteiger partial charge < -0.3 is 10.1 Å². The molecule has 3 nitrogen and oxygen atoms in total. The molecule has 1 aromatic heterocycles. The van der Waals surface area contributed by atoms with E-state index in [4.69, 9.17) is 4.74 Å². The third-order valence-electron chi connectivity index (χ3n) is 3.45. The van der Waals surface area contributed by atoms with E-state index < -0.39 is 0 Å². The topological polar surface area (TPSA) is 34.1 Å². The second kappa shape index (κ2) is 5.94. The molecule has 4 heteroatoms. The minimum absolute atomic E-state index is 0.356. The molecule has 1 aliphatic carbocycles. The average Bonchev–Trinajstić information content (AvgIpc) is 2.76.